The number of ether oxygens (including phenoxy) is 1. The summed E-state index contributed by atoms with van der Waals surface area (Å²) in [5.41, 5.74) is 14.8. The molecule has 0 saturated carbocycles. The Bertz CT molecular complexity index is 1720. The van der Waals surface area contributed by atoms with Crippen LogP contribution in [0.3, 0.4) is 0 Å². The van der Waals surface area contributed by atoms with Crippen molar-refractivity contribution < 1.29 is 14.3 Å². The van der Waals surface area contributed by atoms with E-state index in [0.717, 1.165) is 35.2 Å². The highest BCUT2D eigenvalue weighted by atomic mass is 16.5. The molecule has 5 heteroatoms. The van der Waals surface area contributed by atoms with Gasteiger partial charge in [0, 0.05) is 22.9 Å². The zero-order valence-electron chi connectivity index (χ0n) is 25.3. The minimum Gasteiger partial charge on any atom is -0.455 e. The number of carbonyl (C=O) groups is 2. The van der Waals surface area contributed by atoms with Gasteiger partial charge >= 0.3 is 0 Å². The molecule has 42 heavy (non-hydrogen) atoms. The van der Waals surface area contributed by atoms with E-state index in [0.29, 0.717) is 28.3 Å². The van der Waals surface area contributed by atoms with Gasteiger partial charge < -0.3 is 15.8 Å². The Morgan fingerprint density at radius 1 is 0.881 bits per heavy atom. The van der Waals surface area contributed by atoms with E-state index in [2.05, 4.69) is 56.9 Å². The van der Waals surface area contributed by atoms with Crippen molar-refractivity contribution in [2.75, 3.05) is 11.1 Å². The molecule has 4 aromatic rings. The quantitative estimate of drug-likeness (QED) is 0.147. The van der Waals surface area contributed by atoms with Gasteiger partial charge in [-0.3, -0.25) is 9.59 Å². The largest absolute Gasteiger partial charge is 0.455 e. The molecule has 0 amide bonds. The van der Waals surface area contributed by atoms with E-state index < -0.39 is 0 Å². The third-order valence-electron chi connectivity index (χ3n) is 8.19. The van der Waals surface area contributed by atoms with Crippen LogP contribution in [0.1, 0.15) is 87.7 Å². The topological polar surface area (TPSA) is 81.4 Å². The van der Waals surface area contributed by atoms with Crippen molar-refractivity contribution in [2.45, 2.75) is 59.8 Å². The van der Waals surface area contributed by atoms with Gasteiger partial charge in [0.25, 0.3) is 0 Å². The number of anilines is 3. The van der Waals surface area contributed by atoms with E-state index in [1.165, 1.54) is 11.1 Å². The Morgan fingerprint density at radius 2 is 1.45 bits per heavy atom. The van der Waals surface area contributed by atoms with Crippen LogP contribution in [0, 0.1) is 20.8 Å². The molecule has 0 aromatic heterocycles. The molecule has 0 unspecified atom stereocenters. The van der Waals surface area contributed by atoms with Crippen LogP contribution in [0.4, 0.5) is 17.1 Å². The monoisotopic (exact) mass is 558 g/mol. The van der Waals surface area contributed by atoms with E-state index in [-0.39, 0.29) is 33.8 Å². The molecule has 0 atom stereocenters. The highest BCUT2D eigenvalue weighted by Crippen LogP contribution is 2.44. The SMILES string of the molecule is C=C(CC)CC(C)(C)c1ccc(Oc2cc(Nc3c(C)cc(C)cc3C)c3c(c2N)C(=O)c2ccccc2C3=O)cc1. The Balaban J connectivity index is 1.60. The van der Waals surface area contributed by atoms with Gasteiger partial charge in [0.1, 0.15) is 5.75 Å². The van der Waals surface area contributed by atoms with Crippen molar-refractivity contribution in [3.8, 4) is 11.5 Å². The van der Waals surface area contributed by atoms with Crippen LogP contribution in [-0.4, -0.2) is 11.6 Å². The van der Waals surface area contributed by atoms with Gasteiger partial charge in [0.05, 0.1) is 22.5 Å². The second kappa shape index (κ2) is 11.0. The van der Waals surface area contributed by atoms with Crippen molar-refractivity contribution in [3.05, 3.63) is 123 Å². The van der Waals surface area contributed by atoms with E-state index in [1.54, 1.807) is 30.3 Å². The maximum absolute atomic E-state index is 13.8. The zero-order valence-corrected chi connectivity index (χ0v) is 25.3. The summed E-state index contributed by atoms with van der Waals surface area (Å²) >= 11 is 0. The molecular weight excluding hydrogens is 520 g/mol. The Kier molecular flexibility index (Phi) is 7.55. The smallest absolute Gasteiger partial charge is 0.196 e. The van der Waals surface area contributed by atoms with Crippen LogP contribution < -0.4 is 15.8 Å². The first-order chi connectivity index (χ1) is 19.9. The number of hydrogen-bond acceptors (Lipinski definition) is 5. The van der Waals surface area contributed by atoms with Gasteiger partial charge in [0.2, 0.25) is 0 Å². The van der Waals surface area contributed by atoms with E-state index in [1.807, 2.05) is 32.9 Å². The summed E-state index contributed by atoms with van der Waals surface area (Å²) in [4.78, 5) is 27.7. The average Bonchev–Trinajstić information content (AvgIpc) is 2.95. The zero-order chi connectivity index (χ0) is 30.3. The molecule has 1 aliphatic carbocycles. The average molecular weight is 559 g/mol. The normalized spacial score (nSPS) is 12.5. The number of benzene rings is 4. The first kappa shape index (κ1) is 28.9. The molecule has 4 aromatic carbocycles. The maximum atomic E-state index is 13.8. The molecule has 0 saturated heterocycles. The lowest BCUT2D eigenvalue weighted by atomic mass is 9.79. The number of allylic oxidation sites excluding steroid dienone is 1. The summed E-state index contributed by atoms with van der Waals surface area (Å²) in [5, 5.41) is 3.47. The number of carbonyl (C=O) groups excluding carboxylic acids is 2. The molecule has 3 N–H and O–H groups in total. The number of nitrogen functional groups attached to an aromatic ring is 1. The molecule has 0 bridgehead atoms. The van der Waals surface area contributed by atoms with Crippen molar-refractivity contribution >= 4 is 28.6 Å². The third-order valence-corrected chi connectivity index (χ3v) is 8.19. The highest BCUT2D eigenvalue weighted by Gasteiger charge is 2.35. The Hall–Kier alpha value is -4.64. The van der Waals surface area contributed by atoms with Gasteiger partial charge in [-0.2, -0.15) is 0 Å². The molecule has 1 aliphatic rings. The molecule has 0 spiro atoms. The minimum absolute atomic E-state index is 0.0719. The minimum atomic E-state index is -0.295. The predicted octanol–water partition coefficient (Wildman–Crippen LogP) is 9.14. The van der Waals surface area contributed by atoms with Gasteiger partial charge in [-0.1, -0.05) is 87.0 Å². The van der Waals surface area contributed by atoms with E-state index in [4.69, 9.17) is 10.5 Å². The second-order valence-electron chi connectivity index (χ2n) is 12.0. The lowest BCUT2D eigenvalue weighted by molar-refractivity contribution is 0.0980. The van der Waals surface area contributed by atoms with Crippen molar-refractivity contribution in [3.63, 3.8) is 0 Å². The first-order valence-corrected chi connectivity index (χ1v) is 14.4. The van der Waals surface area contributed by atoms with Crippen LogP contribution in [0.5, 0.6) is 11.5 Å². The molecule has 0 aliphatic heterocycles. The summed E-state index contributed by atoms with van der Waals surface area (Å²) in [6.45, 7) is 16.8. The van der Waals surface area contributed by atoms with Crippen LogP contribution >= 0.6 is 0 Å². The number of rotatable bonds is 8. The van der Waals surface area contributed by atoms with Crippen LogP contribution in [-0.2, 0) is 5.41 Å². The van der Waals surface area contributed by atoms with Crippen molar-refractivity contribution in [1.82, 2.24) is 0 Å². The number of aryl methyl sites for hydroxylation is 3. The van der Waals surface area contributed by atoms with E-state index in [9.17, 15) is 9.59 Å². The van der Waals surface area contributed by atoms with E-state index >= 15 is 0 Å². The van der Waals surface area contributed by atoms with Gasteiger partial charge in [-0.25, -0.2) is 0 Å². The molecule has 0 heterocycles. The fourth-order valence-corrected chi connectivity index (χ4v) is 5.94. The number of nitrogens with one attached hydrogen (secondary N) is 1. The Morgan fingerprint density at radius 3 is 2.02 bits per heavy atom. The van der Waals surface area contributed by atoms with Crippen LogP contribution in [0.2, 0.25) is 0 Å². The molecule has 5 rings (SSSR count). The summed E-state index contributed by atoms with van der Waals surface area (Å²) in [5.74, 6) is 0.352. The summed E-state index contributed by atoms with van der Waals surface area (Å²) in [6.07, 6.45) is 1.85. The predicted molar refractivity (Wildman–Crippen MR) is 172 cm³/mol. The van der Waals surface area contributed by atoms with Crippen molar-refractivity contribution in [2.24, 2.45) is 0 Å². The number of fused-ring (bicyclic) bond motifs is 2. The molecular formula is C37H38N2O3. The molecule has 0 fully saturated rings. The standard InChI is InChI=1S/C37H38N2O3/c1-8-21(2)20-37(6,7)25-13-15-26(16-14-25)42-30-19-29(39-34-23(4)17-22(3)18-24(34)5)31-32(33(30)38)36(41)28-12-10-9-11-27(28)35(31)40/h9-19,39H,2,8,20,38H2,1,3-7H3. The fraction of sp³-hybridized carbons (Fsp3) is 0.243. The summed E-state index contributed by atoms with van der Waals surface area (Å²) in [6, 6.07) is 20.7. The first-order valence-electron chi connectivity index (χ1n) is 14.4. The highest BCUT2D eigenvalue weighted by molar-refractivity contribution is 6.32. The molecule has 214 valence electrons. The van der Waals surface area contributed by atoms with Crippen molar-refractivity contribution in [1.29, 1.82) is 0 Å². The lowest BCUT2D eigenvalue weighted by Gasteiger charge is -2.27. The lowest BCUT2D eigenvalue weighted by Crippen LogP contribution is -2.24. The maximum Gasteiger partial charge on any atom is 0.196 e. The molecule has 5 nitrogen and oxygen atoms in total. The molecule has 0 radical (unpaired) electrons. The second-order valence-corrected chi connectivity index (χ2v) is 12.0. The summed E-state index contributed by atoms with van der Waals surface area (Å²) in [7, 11) is 0. The van der Waals surface area contributed by atoms with Gasteiger partial charge in [0.15, 0.2) is 17.3 Å². The summed E-state index contributed by atoms with van der Waals surface area (Å²) < 4.78 is 6.33. The van der Waals surface area contributed by atoms with Gasteiger partial charge in [-0.05, 0) is 67.9 Å². The fourth-order valence-electron chi connectivity index (χ4n) is 5.94. The number of hydrogen-bond donors (Lipinski definition) is 2. The Labute approximate surface area is 248 Å². The number of nitrogens with two attached hydrogens (primary N) is 1. The van der Waals surface area contributed by atoms with Crippen LogP contribution in [0.15, 0.2) is 78.9 Å². The number of ketones is 2. The third kappa shape index (κ3) is 5.23. The van der Waals surface area contributed by atoms with Crippen LogP contribution in [0.25, 0.3) is 0 Å². The van der Waals surface area contributed by atoms with Gasteiger partial charge in [-0.15, -0.1) is 0 Å².